The van der Waals surface area contributed by atoms with E-state index in [0.717, 1.165) is 19.4 Å². The lowest BCUT2D eigenvalue weighted by atomic mass is 10.1. The molecular weight excluding hydrogens is 260 g/mol. The second-order valence-electron chi connectivity index (χ2n) is 5.10. The predicted octanol–water partition coefficient (Wildman–Crippen LogP) is 1.60. The van der Waals surface area contributed by atoms with E-state index in [1.54, 1.807) is 11.3 Å². The van der Waals surface area contributed by atoms with Crippen LogP contribution in [0.2, 0.25) is 0 Å². The van der Waals surface area contributed by atoms with E-state index in [1.807, 2.05) is 10.3 Å². The molecule has 1 aromatic heterocycles. The summed E-state index contributed by atoms with van der Waals surface area (Å²) in [5, 5.41) is 16.8. The van der Waals surface area contributed by atoms with Gasteiger partial charge < -0.3 is 15.3 Å². The van der Waals surface area contributed by atoms with Crippen LogP contribution in [0.1, 0.15) is 31.7 Å². The van der Waals surface area contributed by atoms with Crippen LogP contribution in [0.3, 0.4) is 0 Å². The molecule has 0 bridgehead atoms. The molecule has 0 saturated carbocycles. The summed E-state index contributed by atoms with van der Waals surface area (Å²) < 4.78 is 0. The Morgan fingerprint density at radius 3 is 3.05 bits per heavy atom. The van der Waals surface area contributed by atoms with Gasteiger partial charge in [-0.15, -0.1) is 0 Å². The molecule has 106 valence electrons. The van der Waals surface area contributed by atoms with Crippen molar-refractivity contribution in [1.29, 1.82) is 0 Å². The molecule has 2 rings (SSSR count). The van der Waals surface area contributed by atoms with Crippen LogP contribution in [-0.4, -0.2) is 41.1 Å². The van der Waals surface area contributed by atoms with Gasteiger partial charge in [-0.05, 0) is 35.2 Å². The number of carbonyl (C=O) groups is 1. The van der Waals surface area contributed by atoms with Gasteiger partial charge in [0.2, 0.25) is 5.91 Å². The lowest BCUT2D eigenvalue weighted by molar-refractivity contribution is -0.134. The Hall–Kier alpha value is -0.910. The van der Waals surface area contributed by atoms with E-state index in [9.17, 15) is 9.90 Å². The van der Waals surface area contributed by atoms with Crippen molar-refractivity contribution in [3.05, 3.63) is 22.4 Å². The van der Waals surface area contributed by atoms with Gasteiger partial charge in [-0.3, -0.25) is 4.79 Å². The number of aliphatic hydroxyl groups is 1. The van der Waals surface area contributed by atoms with Gasteiger partial charge in [0.15, 0.2) is 0 Å². The Morgan fingerprint density at radius 1 is 1.63 bits per heavy atom. The van der Waals surface area contributed by atoms with Crippen molar-refractivity contribution < 1.29 is 9.90 Å². The lowest BCUT2D eigenvalue weighted by Gasteiger charge is -2.25. The number of hydrogen-bond acceptors (Lipinski definition) is 4. The summed E-state index contributed by atoms with van der Waals surface area (Å²) in [7, 11) is 0. The van der Waals surface area contributed by atoms with Crippen molar-refractivity contribution in [3.63, 3.8) is 0 Å². The molecule has 0 aromatic carbocycles. The zero-order valence-corrected chi connectivity index (χ0v) is 12.2. The number of nitrogens with one attached hydrogen (secondary N) is 1. The molecule has 0 unspecified atom stereocenters. The molecule has 0 radical (unpaired) electrons. The highest BCUT2D eigenvalue weighted by Crippen LogP contribution is 2.15. The first-order valence-electron chi connectivity index (χ1n) is 6.92. The smallest absolute Gasteiger partial charge is 0.240 e. The van der Waals surface area contributed by atoms with Crippen LogP contribution in [0, 0.1) is 0 Å². The van der Waals surface area contributed by atoms with Gasteiger partial charge in [0, 0.05) is 19.6 Å². The fourth-order valence-corrected chi connectivity index (χ4v) is 3.00. The molecule has 1 aliphatic heterocycles. The zero-order valence-electron chi connectivity index (χ0n) is 11.3. The van der Waals surface area contributed by atoms with E-state index in [0.29, 0.717) is 19.5 Å². The predicted molar refractivity (Wildman–Crippen MR) is 77.1 cm³/mol. The highest BCUT2D eigenvalue weighted by molar-refractivity contribution is 7.07. The number of unbranched alkanes of at least 4 members (excludes halogenated alkanes) is 1. The minimum absolute atomic E-state index is 0.121. The maximum absolute atomic E-state index is 12.5. The fraction of sp³-hybridized carbons (Fsp3) is 0.643. The number of nitrogens with zero attached hydrogens (tertiary/aromatic N) is 1. The average molecular weight is 282 g/mol. The summed E-state index contributed by atoms with van der Waals surface area (Å²) >= 11 is 1.66. The second kappa shape index (κ2) is 7.03. The highest BCUT2D eigenvalue weighted by Gasteiger charge is 2.31. The van der Waals surface area contributed by atoms with Gasteiger partial charge in [-0.2, -0.15) is 11.3 Å². The summed E-state index contributed by atoms with van der Waals surface area (Å²) in [4.78, 5) is 14.4. The van der Waals surface area contributed by atoms with Crippen molar-refractivity contribution in [2.45, 2.75) is 44.9 Å². The first-order chi connectivity index (χ1) is 9.20. The molecule has 0 aliphatic carbocycles. The average Bonchev–Trinajstić information content (AvgIpc) is 3.05. The van der Waals surface area contributed by atoms with E-state index >= 15 is 0 Å². The van der Waals surface area contributed by atoms with Crippen LogP contribution < -0.4 is 5.32 Å². The standard InChI is InChI=1S/C14H22N2O2S/c1-2-3-5-16(9-11-4-6-19-10-11)14(18)13-7-12(17)8-15-13/h4,6,10,12-13,15,17H,2-3,5,7-9H2,1H3/t12-,13-/m1/s1. The Kier molecular flexibility index (Phi) is 5.36. The first-order valence-corrected chi connectivity index (χ1v) is 7.86. The zero-order chi connectivity index (χ0) is 13.7. The number of β-amino-alcohol motifs (C(OH)–C–C–N with tert-alkyl or cyclic N) is 1. The SMILES string of the molecule is CCCCN(Cc1ccsc1)C(=O)[C@H]1C[C@@H](O)CN1. The van der Waals surface area contributed by atoms with E-state index in [1.165, 1.54) is 5.56 Å². The van der Waals surface area contributed by atoms with Gasteiger partial charge in [-0.25, -0.2) is 0 Å². The van der Waals surface area contributed by atoms with Crippen molar-refractivity contribution in [2.75, 3.05) is 13.1 Å². The maximum atomic E-state index is 12.5. The van der Waals surface area contributed by atoms with Crippen molar-refractivity contribution >= 4 is 17.2 Å². The number of carbonyl (C=O) groups excluding carboxylic acids is 1. The monoisotopic (exact) mass is 282 g/mol. The number of hydrogen-bond donors (Lipinski definition) is 2. The molecule has 19 heavy (non-hydrogen) atoms. The molecule has 2 N–H and O–H groups in total. The first kappa shape index (κ1) is 14.5. The molecule has 0 spiro atoms. The third kappa shape index (κ3) is 4.03. The Balaban J connectivity index is 1.97. The highest BCUT2D eigenvalue weighted by atomic mass is 32.1. The Morgan fingerprint density at radius 2 is 2.47 bits per heavy atom. The summed E-state index contributed by atoms with van der Waals surface area (Å²) in [6.07, 6.45) is 2.24. The third-order valence-corrected chi connectivity index (χ3v) is 4.18. The maximum Gasteiger partial charge on any atom is 0.240 e. The molecule has 1 saturated heterocycles. The van der Waals surface area contributed by atoms with E-state index < -0.39 is 0 Å². The number of thiophene rings is 1. The summed E-state index contributed by atoms with van der Waals surface area (Å²) in [5.74, 6) is 0.121. The second-order valence-corrected chi connectivity index (χ2v) is 5.88. The van der Waals surface area contributed by atoms with Crippen LogP contribution in [0.5, 0.6) is 0 Å². The van der Waals surface area contributed by atoms with E-state index in [-0.39, 0.29) is 18.1 Å². The summed E-state index contributed by atoms with van der Waals surface area (Å²) in [6.45, 7) is 4.12. The van der Waals surface area contributed by atoms with Gasteiger partial charge in [0.1, 0.15) is 0 Å². The largest absolute Gasteiger partial charge is 0.392 e. The van der Waals surface area contributed by atoms with Gasteiger partial charge in [0.05, 0.1) is 12.1 Å². The summed E-state index contributed by atoms with van der Waals surface area (Å²) in [5.41, 5.74) is 1.19. The molecule has 5 heteroatoms. The van der Waals surface area contributed by atoms with Gasteiger partial charge >= 0.3 is 0 Å². The van der Waals surface area contributed by atoms with E-state index in [2.05, 4.69) is 23.7 Å². The quantitative estimate of drug-likeness (QED) is 0.833. The molecule has 1 amide bonds. The lowest BCUT2D eigenvalue weighted by Crippen LogP contribution is -2.43. The number of amides is 1. The molecule has 1 fully saturated rings. The molecular formula is C14H22N2O2S. The van der Waals surface area contributed by atoms with Crippen LogP contribution in [0.25, 0.3) is 0 Å². The third-order valence-electron chi connectivity index (χ3n) is 3.45. The summed E-state index contributed by atoms with van der Waals surface area (Å²) in [6, 6.07) is 1.85. The normalized spacial score (nSPS) is 22.6. The number of rotatable bonds is 6. The molecule has 2 heterocycles. The van der Waals surface area contributed by atoms with Crippen molar-refractivity contribution in [3.8, 4) is 0 Å². The topological polar surface area (TPSA) is 52.6 Å². The van der Waals surface area contributed by atoms with Crippen LogP contribution >= 0.6 is 11.3 Å². The van der Waals surface area contributed by atoms with E-state index in [4.69, 9.17) is 0 Å². The van der Waals surface area contributed by atoms with Gasteiger partial charge in [0.25, 0.3) is 0 Å². The molecule has 1 aromatic rings. The van der Waals surface area contributed by atoms with Gasteiger partial charge in [-0.1, -0.05) is 13.3 Å². The van der Waals surface area contributed by atoms with Crippen LogP contribution in [-0.2, 0) is 11.3 Å². The molecule has 2 atom stereocenters. The minimum Gasteiger partial charge on any atom is -0.392 e. The Labute approximate surface area is 118 Å². The molecule has 4 nitrogen and oxygen atoms in total. The van der Waals surface area contributed by atoms with Crippen LogP contribution in [0.15, 0.2) is 16.8 Å². The van der Waals surface area contributed by atoms with Crippen molar-refractivity contribution in [1.82, 2.24) is 10.2 Å². The molecule has 1 aliphatic rings. The van der Waals surface area contributed by atoms with Crippen LogP contribution in [0.4, 0.5) is 0 Å². The van der Waals surface area contributed by atoms with Crippen molar-refractivity contribution in [2.24, 2.45) is 0 Å². The number of aliphatic hydroxyl groups excluding tert-OH is 1. The fourth-order valence-electron chi connectivity index (χ4n) is 2.34. The minimum atomic E-state index is -0.386. The Bertz CT molecular complexity index is 394.